The van der Waals surface area contributed by atoms with E-state index in [1.54, 1.807) is 41.3 Å². The van der Waals surface area contributed by atoms with E-state index in [-0.39, 0.29) is 16.9 Å². The maximum atomic E-state index is 13.4. The first-order chi connectivity index (χ1) is 19.0. The summed E-state index contributed by atoms with van der Waals surface area (Å²) < 4.78 is 0. The Kier molecular flexibility index (Phi) is 7.75. The van der Waals surface area contributed by atoms with E-state index in [9.17, 15) is 9.59 Å². The van der Waals surface area contributed by atoms with Gasteiger partial charge in [-0.15, -0.1) is 0 Å². The van der Waals surface area contributed by atoms with Crippen LogP contribution >= 0.6 is 12.2 Å². The van der Waals surface area contributed by atoms with Crippen LogP contribution < -0.4 is 15.5 Å². The Balaban J connectivity index is 1.22. The van der Waals surface area contributed by atoms with Crippen LogP contribution in [0.15, 0.2) is 121 Å². The van der Waals surface area contributed by atoms with Crippen molar-refractivity contribution in [2.24, 2.45) is 0 Å². The molecule has 6 heteroatoms. The number of nitrogens with zero attached hydrogens (tertiary/aromatic N) is 1. The molecule has 0 unspecified atom stereocenters. The zero-order valence-electron chi connectivity index (χ0n) is 21.4. The number of fused-ring (bicyclic) bond motifs is 1. The number of rotatable bonds is 6. The molecule has 5 aromatic carbocycles. The number of anilines is 2. The molecule has 5 aromatic rings. The fourth-order valence-electron chi connectivity index (χ4n) is 4.50. The minimum atomic E-state index is -0.299. The monoisotopic (exact) mass is 529 g/mol. The Labute approximate surface area is 233 Å². The van der Waals surface area contributed by atoms with Crippen LogP contribution in [0.25, 0.3) is 21.9 Å². The molecule has 0 saturated heterocycles. The van der Waals surface area contributed by atoms with E-state index in [1.165, 1.54) is 0 Å². The van der Waals surface area contributed by atoms with Gasteiger partial charge in [0.2, 0.25) is 0 Å². The molecule has 0 aliphatic carbocycles. The van der Waals surface area contributed by atoms with Crippen LogP contribution in [0, 0.1) is 0 Å². The van der Waals surface area contributed by atoms with E-state index in [0.29, 0.717) is 23.4 Å². The Hall–Kier alpha value is -4.81. The first-order valence-corrected chi connectivity index (χ1v) is 13.1. The first kappa shape index (κ1) is 25.8. The van der Waals surface area contributed by atoms with E-state index in [0.717, 1.165) is 27.6 Å². The normalized spacial score (nSPS) is 10.6. The molecule has 192 valence electrons. The Bertz CT molecular complexity index is 1630. The molecule has 2 amide bonds. The number of amides is 2. The average Bonchev–Trinajstić information content (AvgIpc) is 2.98. The summed E-state index contributed by atoms with van der Waals surface area (Å²) in [5.41, 5.74) is 4.73. The fourth-order valence-corrected chi connectivity index (χ4v) is 4.71. The third-order valence-electron chi connectivity index (χ3n) is 6.49. The molecule has 0 fully saturated rings. The molecule has 0 atom stereocenters. The predicted molar refractivity (Wildman–Crippen MR) is 163 cm³/mol. The molecule has 5 rings (SSSR count). The van der Waals surface area contributed by atoms with Crippen molar-refractivity contribution in [3.63, 3.8) is 0 Å². The zero-order chi connectivity index (χ0) is 27.2. The molecule has 2 N–H and O–H groups in total. The van der Waals surface area contributed by atoms with Gasteiger partial charge in [-0.05, 0) is 78.1 Å². The molecule has 0 aromatic heterocycles. The third kappa shape index (κ3) is 5.87. The first-order valence-electron chi connectivity index (χ1n) is 12.7. The van der Waals surface area contributed by atoms with Gasteiger partial charge in [-0.1, -0.05) is 78.9 Å². The van der Waals surface area contributed by atoms with Crippen LogP contribution in [0.1, 0.15) is 27.6 Å². The van der Waals surface area contributed by atoms with Crippen LogP contribution in [0.4, 0.5) is 11.4 Å². The molecule has 5 nitrogen and oxygen atoms in total. The van der Waals surface area contributed by atoms with Crippen LogP contribution in [0.3, 0.4) is 0 Å². The van der Waals surface area contributed by atoms with Gasteiger partial charge in [-0.2, -0.15) is 0 Å². The standard InChI is InChI=1S/C33H27N3O2S/c1-2-36(30-14-8-12-25-11-6-7-13-29(25)30)32(38)27-19-21-28(22-20-27)34-33(39)35-31(37)26-17-15-24(16-18-26)23-9-4-3-5-10-23/h3-22H,2H2,1H3,(H2,34,35,37,39). The molecule has 0 saturated carbocycles. The van der Waals surface area contributed by atoms with Crippen LogP contribution in [-0.4, -0.2) is 23.5 Å². The number of carbonyl (C=O) groups excluding carboxylic acids is 2. The minimum absolute atomic E-state index is 0.0877. The summed E-state index contributed by atoms with van der Waals surface area (Å²) in [6, 6.07) is 38.4. The van der Waals surface area contributed by atoms with Gasteiger partial charge in [0.1, 0.15) is 0 Å². The maximum Gasteiger partial charge on any atom is 0.258 e. The summed E-state index contributed by atoms with van der Waals surface area (Å²) in [7, 11) is 0. The highest BCUT2D eigenvalue weighted by Gasteiger charge is 2.18. The van der Waals surface area contributed by atoms with Crippen molar-refractivity contribution in [3.05, 3.63) is 132 Å². The molecular formula is C33H27N3O2S. The lowest BCUT2D eigenvalue weighted by Crippen LogP contribution is -2.34. The number of thiocarbonyl (C=S) groups is 1. The van der Waals surface area contributed by atoms with Gasteiger partial charge in [0.25, 0.3) is 11.8 Å². The molecular weight excluding hydrogens is 502 g/mol. The smallest absolute Gasteiger partial charge is 0.258 e. The van der Waals surface area contributed by atoms with Crippen molar-refractivity contribution in [2.45, 2.75) is 6.92 Å². The van der Waals surface area contributed by atoms with E-state index in [4.69, 9.17) is 12.2 Å². The number of nitrogens with one attached hydrogen (secondary N) is 2. The Morgan fingerprint density at radius 3 is 2.03 bits per heavy atom. The van der Waals surface area contributed by atoms with Crippen LogP contribution in [-0.2, 0) is 0 Å². The summed E-state index contributed by atoms with van der Waals surface area (Å²) in [6.45, 7) is 2.50. The highest BCUT2D eigenvalue weighted by Crippen LogP contribution is 2.28. The minimum Gasteiger partial charge on any atom is -0.332 e. The molecule has 0 radical (unpaired) electrons. The van der Waals surface area contributed by atoms with Crippen LogP contribution in [0.2, 0.25) is 0 Å². The second-order valence-corrected chi connectivity index (χ2v) is 9.38. The number of hydrogen-bond donors (Lipinski definition) is 2. The number of benzene rings is 5. The van der Waals surface area contributed by atoms with Crippen molar-refractivity contribution < 1.29 is 9.59 Å². The number of hydrogen-bond acceptors (Lipinski definition) is 3. The van der Waals surface area contributed by atoms with Gasteiger partial charge in [-0.25, -0.2) is 0 Å². The second kappa shape index (κ2) is 11.7. The summed E-state index contributed by atoms with van der Waals surface area (Å²) in [5.74, 6) is -0.386. The van der Waals surface area contributed by atoms with Crippen molar-refractivity contribution in [2.75, 3.05) is 16.8 Å². The van der Waals surface area contributed by atoms with E-state index in [2.05, 4.69) is 10.6 Å². The molecule has 0 spiro atoms. The lowest BCUT2D eigenvalue weighted by atomic mass is 10.0. The summed E-state index contributed by atoms with van der Waals surface area (Å²) >= 11 is 5.35. The lowest BCUT2D eigenvalue weighted by molar-refractivity contribution is 0.0973. The zero-order valence-corrected chi connectivity index (χ0v) is 22.2. The average molecular weight is 530 g/mol. The fraction of sp³-hybridized carbons (Fsp3) is 0.0606. The largest absolute Gasteiger partial charge is 0.332 e. The third-order valence-corrected chi connectivity index (χ3v) is 6.69. The number of carbonyl (C=O) groups is 2. The lowest BCUT2D eigenvalue weighted by Gasteiger charge is -2.23. The van der Waals surface area contributed by atoms with Gasteiger partial charge in [0.15, 0.2) is 5.11 Å². The summed E-state index contributed by atoms with van der Waals surface area (Å²) in [6.07, 6.45) is 0. The van der Waals surface area contributed by atoms with Crippen molar-refractivity contribution in [1.29, 1.82) is 0 Å². The van der Waals surface area contributed by atoms with Crippen LogP contribution in [0.5, 0.6) is 0 Å². The summed E-state index contributed by atoms with van der Waals surface area (Å²) in [4.78, 5) is 27.9. The van der Waals surface area contributed by atoms with Crippen molar-refractivity contribution >= 4 is 51.3 Å². The molecule has 0 bridgehead atoms. The van der Waals surface area contributed by atoms with Gasteiger partial charge < -0.3 is 10.2 Å². The highest BCUT2D eigenvalue weighted by molar-refractivity contribution is 7.80. The van der Waals surface area contributed by atoms with E-state index >= 15 is 0 Å². The van der Waals surface area contributed by atoms with Gasteiger partial charge in [0, 0.05) is 28.7 Å². The molecule has 0 aliphatic rings. The maximum absolute atomic E-state index is 13.4. The van der Waals surface area contributed by atoms with E-state index < -0.39 is 0 Å². The Morgan fingerprint density at radius 2 is 1.31 bits per heavy atom. The van der Waals surface area contributed by atoms with Crippen molar-refractivity contribution in [1.82, 2.24) is 5.32 Å². The summed E-state index contributed by atoms with van der Waals surface area (Å²) in [5, 5.41) is 8.03. The van der Waals surface area contributed by atoms with Crippen molar-refractivity contribution in [3.8, 4) is 11.1 Å². The van der Waals surface area contributed by atoms with Gasteiger partial charge >= 0.3 is 0 Å². The van der Waals surface area contributed by atoms with E-state index in [1.807, 2.05) is 91.9 Å². The molecule has 0 aliphatic heterocycles. The topological polar surface area (TPSA) is 61.4 Å². The second-order valence-electron chi connectivity index (χ2n) is 8.98. The molecule has 39 heavy (non-hydrogen) atoms. The SMILES string of the molecule is CCN(C(=O)c1ccc(NC(=S)NC(=O)c2ccc(-c3ccccc3)cc2)cc1)c1cccc2ccccc12. The van der Waals surface area contributed by atoms with Gasteiger partial charge in [-0.3, -0.25) is 14.9 Å². The quantitative estimate of drug-likeness (QED) is 0.227. The molecule has 0 heterocycles. The predicted octanol–water partition coefficient (Wildman–Crippen LogP) is 7.30. The Morgan fingerprint density at radius 1 is 0.692 bits per heavy atom. The van der Waals surface area contributed by atoms with Gasteiger partial charge in [0.05, 0.1) is 5.69 Å². The highest BCUT2D eigenvalue weighted by atomic mass is 32.1.